The molecule has 0 aliphatic carbocycles. The van der Waals surface area contributed by atoms with Crippen LogP contribution in [0.3, 0.4) is 0 Å². The first kappa shape index (κ1) is 21.5. The maximum absolute atomic E-state index is 13.3. The Morgan fingerprint density at radius 3 is 2.58 bits per heavy atom. The number of carbonyl (C=O) groups excluding carboxylic acids is 1. The van der Waals surface area contributed by atoms with Crippen LogP contribution >= 0.6 is 11.8 Å². The Balaban J connectivity index is 1.84. The van der Waals surface area contributed by atoms with Crippen LogP contribution in [-0.2, 0) is 4.74 Å². The van der Waals surface area contributed by atoms with Crippen molar-refractivity contribution in [2.75, 3.05) is 26.5 Å². The van der Waals surface area contributed by atoms with Gasteiger partial charge in [-0.1, -0.05) is 12.1 Å². The maximum Gasteiger partial charge on any atom is 0.273 e. The molecule has 6 nitrogen and oxygen atoms in total. The molecule has 0 fully saturated rings. The molecular formula is C24H27N3O3S. The summed E-state index contributed by atoms with van der Waals surface area (Å²) in [6.07, 6.45) is 2.78. The number of carbonyl (C=O) groups is 1. The van der Waals surface area contributed by atoms with Gasteiger partial charge >= 0.3 is 0 Å². The largest absolute Gasteiger partial charge is 0.507 e. The maximum atomic E-state index is 13.3. The highest BCUT2D eigenvalue weighted by Gasteiger charge is 2.42. The average molecular weight is 438 g/mol. The van der Waals surface area contributed by atoms with Crippen molar-refractivity contribution < 1.29 is 14.6 Å². The third-order valence-electron chi connectivity index (χ3n) is 5.91. The number of aromatic nitrogens is 2. The van der Waals surface area contributed by atoms with Crippen LogP contribution in [0.1, 0.15) is 45.2 Å². The van der Waals surface area contributed by atoms with Gasteiger partial charge in [-0.15, -0.1) is 11.8 Å². The molecule has 0 saturated heterocycles. The van der Waals surface area contributed by atoms with Crippen molar-refractivity contribution in [3.05, 3.63) is 64.3 Å². The number of methoxy groups -OCH3 is 1. The molecule has 0 bridgehead atoms. The second kappa shape index (κ2) is 8.77. The molecule has 3 aromatic rings. The molecule has 1 amide bonds. The van der Waals surface area contributed by atoms with E-state index in [2.05, 4.69) is 34.5 Å². The van der Waals surface area contributed by atoms with Crippen molar-refractivity contribution in [1.29, 1.82) is 0 Å². The zero-order valence-corrected chi connectivity index (χ0v) is 19.0. The Kier molecular flexibility index (Phi) is 6.07. The number of phenolic OH excluding ortho intramolecular Hbond substituents is 1. The SMILES string of the molecule is COCCCN1C(=O)c2[nH]nc(-c3cc(C)c(C)cc3O)c2[C@H]1c1ccc(SC)cc1. The molecule has 1 atom stereocenters. The average Bonchev–Trinajstić information content (AvgIpc) is 3.30. The summed E-state index contributed by atoms with van der Waals surface area (Å²) in [6, 6.07) is 11.7. The fraction of sp³-hybridized carbons (Fsp3) is 0.333. The molecule has 1 aliphatic heterocycles. The number of benzene rings is 2. The van der Waals surface area contributed by atoms with Crippen molar-refractivity contribution in [2.24, 2.45) is 0 Å². The number of nitrogens with zero attached hydrogens (tertiary/aromatic N) is 2. The van der Waals surface area contributed by atoms with Gasteiger partial charge in [-0.05, 0) is 67.5 Å². The molecule has 162 valence electrons. The molecule has 0 radical (unpaired) electrons. The highest BCUT2D eigenvalue weighted by atomic mass is 32.2. The summed E-state index contributed by atoms with van der Waals surface area (Å²) in [5.41, 5.74) is 5.66. The molecule has 1 aromatic heterocycles. The molecule has 0 saturated carbocycles. The van der Waals surface area contributed by atoms with Gasteiger partial charge in [-0.3, -0.25) is 9.89 Å². The molecule has 0 unspecified atom stereocenters. The van der Waals surface area contributed by atoms with E-state index in [1.165, 1.54) is 4.90 Å². The van der Waals surface area contributed by atoms with Crippen LogP contribution in [0.25, 0.3) is 11.3 Å². The third-order valence-corrected chi connectivity index (χ3v) is 6.65. The van der Waals surface area contributed by atoms with E-state index in [9.17, 15) is 9.90 Å². The lowest BCUT2D eigenvalue weighted by Crippen LogP contribution is -2.31. The van der Waals surface area contributed by atoms with Crippen LogP contribution < -0.4 is 0 Å². The number of H-pyrrole nitrogens is 1. The van der Waals surface area contributed by atoms with Crippen LogP contribution in [0.5, 0.6) is 5.75 Å². The predicted octanol–water partition coefficient (Wildman–Crippen LogP) is 4.70. The number of rotatable bonds is 7. The van der Waals surface area contributed by atoms with Gasteiger partial charge in [0.15, 0.2) is 0 Å². The highest BCUT2D eigenvalue weighted by Crippen LogP contribution is 2.45. The van der Waals surface area contributed by atoms with Crippen LogP contribution in [0, 0.1) is 13.8 Å². The number of phenols is 1. The van der Waals surface area contributed by atoms with Gasteiger partial charge in [0.2, 0.25) is 0 Å². The lowest BCUT2D eigenvalue weighted by atomic mass is 9.94. The highest BCUT2D eigenvalue weighted by molar-refractivity contribution is 7.98. The lowest BCUT2D eigenvalue weighted by Gasteiger charge is -2.26. The zero-order valence-electron chi connectivity index (χ0n) is 18.2. The van der Waals surface area contributed by atoms with Crippen molar-refractivity contribution >= 4 is 17.7 Å². The molecule has 4 rings (SSSR count). The van der Waals surface area contributed by atoms with Crippen LogP contribution in [-0.4, -0.2) is 52.6 Å². The van der Waals surface area contributed by atoms with Crippen LogP contribution in [0.4, 0.5) is 0 Å². The molecule has 2 aromatic carbocycles. The van der Waals surface area contributed by atoms with Gasteiger partial charge in [0.25, 0.3) is 5.91 Å². The quantitative estimate of drug-likeness (QED) is 0.414. The van der Waals surface area contributed by atoms with Gasteiger partial charge in [0.05, 0.1) is 6.04 Å². The van der Waals surface area contributed by atoms with Crippen LogP contribution in [0.15, 0.2) is 41.3 Å². The minimum Gasteiger partial charge on any atom is -0.507 e. The molecule has 2 heterocycles. The van der Waals surface area contributed by atoms with E-state index in [0.717, 1.165) is 28.7 Å². The number of hydrogen-bond acceptors (Lipinski definition) is 5. The first-order valence-electron chi connectivity index (χ1n) is 10.3. The molecule has 1 aliphatic rings. The normalized spacial score (nSPS) is 15.5. The number of fused-ring (bicyclic) bond motifs is 1. The topological polar surface area (TPSA) is 78.5 Å². The van der Waals surface area contributed by atoms with E-state index >= 15 is 0 Å². The summed E-state index contributed by atoms with van der Waals surface area (Å²) in [5, 5.41) is 18.1. The summed E-state index contributed by atoms with van der Waals surface area (Å²) < 4.78 is 5.21. The van der Waals surface area contributed by atoms with E-state index in [-0.39, 0.29) is 17.7 Å². The predicted molar refractivity (Wildman–Crippen MR) is 123 cm³/mol. The molecule has 0 spiro atoms. The standard InChI is InChI=1S/C24H27N3O3S/c1-14-12-18(19(28)13-15(14)2)21-20-22(26-25-21)24(29)27(10-5-11-30-3)23(20)16-6-8-17(31-4)9-7-16/h6-9,12-13,23,28H,5,10-11H2,1-4H3,(H,25,26)/t23-/m1/s1. The van der Waals surface area contributed by atoms with Gasteiger partial charge in [0.1, 0.15) is 17.1 Å². The van der Waals surface area contributed by atoms with Crippen LogP contribution in [0.2, 0.25) is 0 Å². The first-order chi connectivity index (χ1) is 15.0. The second-order valence-electron chi connectivity index (χ2n) is 7.84. The Morgan fingerprint density at radius 2 is 1.90 bits per heavy atom. The Morgan fingerprint density at radius 1 is 1.19 bits per heavy atom. The third kappa shape index (κ3) is 3.83. The lowest BCUT2D eigenvalue weighted by molar-refractivity contribution is 0.0723. The molecular weight excluding hydrogens is 410 g/mol. The van der Waals surface area contributed by atoms with E-state index < -0.39 is 0 Å². The Hall–Kier alpha value is -2.77. The fourth-order valence-corrected chi connectivity index (χ4v) is 4.54. The number of aryl methyl sites for hydroxylation is 2. The molecule has 2 N–H and O–H groups in total. The first-order valence-corrected chi connectivity index (χ1v) is 11.5. The number of nitrogens with one attached hydrogen (secondary N) is 1. The van der Waals surface area contributed by atoms with E-state index in [0.29, 0.717) is 30.1 Å². The Labute approximate surface area is 186 Å². The summed E-state index contributed by atoms with van der Waals surface area (Å²) in [4.78, 5) is 16.3. The number of ether oxygens (including phenoxy) is 1. The van der Waals surface area contributed by atoms with Crippen molar-refractivity contribution in [1.82, 2.24) is 15.1 Å². The van der Waals surface area contributed by atoms with Gasteiger partial charge in [-0.25, -0.2) is 0 Å². The number of aromatic amines is 1. The minimum absolute atomic E-state index is 0.0767. The summed E-state index contributed by atoms with van der Waals surface area (Å²) in [5.74, 6) is 0.0892. The Bertz CT molecular complexity index is 1110. The molecule has 31 heavy (non-hydrogen) atoms. The van der Waals surface area contributed by atoms with Crippen molar-refractivity contribution in [3.8, 4) is 17.0 Å². The monoisotopic (exact) mass is 437 g/mol. The smallest absolute Gasteiger partial charge is 0.273 e. The number of thioether (sulfide) groups is 1. The summed E-state index contributed by atoms with van der Waals surface area (Å²) in [6.45, 7) is 5.12. The van der Waals surface area contributed by atoms with Crippen molar-refractivity contribution in [3.63, 3.8) is 0 Å². The fourth-order valence-electron chi connectivity index (χ4n) is 4.14. The number of aromatic hydroxyl groups is 1. The minimum atomic E-state index is -0.273. The van der Waals surface area contributed by atoms with Gasteiger partial charge in [-0.2, -0.15) is 5.10 Å². The van der Waals surface area contributed by atoms with Gasteiger partial charge < -0.3 is 14.7 Å². The molecule has 7 heteroatoms. The second-order valence-corrected chi connectivity index (χ2v) is 8.71. The van der Waals surface area contributed by atoms with E-state index in [1.807, 2.05) is 31.1 Å². The van der Waals surface area contributed by atoms with Gasteiger partial charge in [0, 0.05) is 36.3 Å². The van der Waals surface area contributed by atoms with E-state index in [1.54, 1.807) is 24.9 Å². The number of amides is 1. The zero-order chi connectivity index (χ0) is 22.1. The number of hydrogen-bond donors (Lipinski definition) is 2. The summed E-state index contributed by atoms with van der Waals surface area (Å²) >= 11 is 1.68. The van der Waals surface area contributed by atoms with E-state index in [4.69, 9.17) is 4.74 Å². The summed E-state index contributed by atoms with van der Waals surface area (Å²) in [7, 11) is 1.66. The van der Waals surface area contributed by atoms with Crippen molar-refractivity contribution in [2.45, 2.75) is 31.2 Å².